The summed E-state index contributed by atoms with van der Waals surface area (Å²) in [5, 5.41) is 2.58. The van der Waals surface area contributed by atoms with E-state index in [4.69, 9.17) is 4.74 Å². The number of alkyl halides is 3. The van der Waals surface area contributed by atoms with Gasteiger partial charge in [-0.05, 0) is 53.1 Å². The Hall–Kier alpha value is -2.50. The zero-order chi connectivity index (χ0) is 22.6. The number of nitrogens with one attached hydrogen (secondary N) is 1. The van der Waals surface area contributed by atoms with Crippen molar-refractivity contribution in [2.45, 2.75) is 52.6 Å². The Balaban J connectivity index is 1.85. The van der Waals surface area contributed by atoms with Crippen molar-refractivity contribution >= 4 is 5.91 Å². The second kappa shape index (κ2) is 9.11. The van der Waals surface area contributed by atoms with Crippen molar-refractivity contribution in [3.63, 3.8) is 0 Å². The maximum atomic E-state index is 12.8. The maximum absolute atomic E-state index is 12.8. The number of hydrogen-bond donors (Lipinski definition) is 1. The van der Waals surface area contributed by atoms with Crippen molar-refractivity contribution < 1.29 is 22.7 Å². The van der Waals surface area contributed by atoms with Gasteiger partial charge in [0.1, 0.15) is 12.4 Å². The van der Waals surface area contributed by atoms with Crippen LogP contribution < -0.4 is 10.1 Å². The van der Waals surface area contributed by atoms with Gasteiger partial charge < -0.3 is 10.1 Å². The maximum Gasteiger partial charge on any atom is 0.416 e. The van der Waals surface area contributed by atoms with E-state index < -0.39 is 17.6 Å². The lowest BCUT2D eigenvalue weighted by Gasteiger charge is -2.33. The molecule has 1 N–H and O–H groups in total. The van der Waals surface area contributed by atoms with Gasteiger partial charge in [0.25, 0.3) is 5.91 Å². The highest BCUT2D eigenvalue weighted by Gasteiger charge is 2.31. The van der Waals surface area contributed by atoms with Crippen molar-refractivity contribution in [3.8, 4) is 5.75 Å². The Morgan fingerprint density at radius 1 is 0.933 bits per heavy atom. The molecule has 164 valence electrons. The topological polar surface area (TPSA) is 38.3 Å². The smallest absolute Gasteiger partial charge is 0.416 e. The average Bonchev–Trinajstić information content (AvgIpc) is 2.63. The van der Waals surface area contributed by atoms with Crippen LogP contribution in [0.5, 0.6) is 5.75 Å². The molecular weight excluding hydrogens is 391 g/mol. The lowest BCUT2D eigenvalue weighted by Crippen LogP contribution is -2.28. The van der Waals surface area contributed by atoms with E-state index in [-0.39, 0.29) is 29.5 Å². The van der Waals surface area contributed by atoms with E-state index in [9.17, 15) is 18.0 Å². The van der Waals surface area contributed by atoms with Crippen molar-refractivity contribution in [2.75, 3.05) is 13.2 Å². The van der Waals surface area contributed by atoms with E-state index in [1.165, 1.54) is 17.7 Å². The van der Waals surface area contributed by atoms with Crippen LogP contribution in [-0.2, 0) is 11.6 Å². The van der Waals surface area contributed by atoms with Crippen LogP contribution in [0.15, 0.2) is 48.5 Å². The van der Waals surface area contributed by atoms with Crippen LogP contribution in [0.2, 0.25) is 0 Å². The summed E-state index contributed by atoms with van der Waals surface area (Å²) in [7, 11) is 0. The molecule has 3 nitrogen and oxygen atoms in total. The van der Waals surface area contributed by atoms with E-state index in [1.807, 2.05) is 24.3 Å². The summed E-state index contributed by atoms with van der Waals surface area (Å²) in [6, 6.07) is 12.2. The molecule has 0 radical (unpaired) electrons. The van der Waals surface area contributed by atoms with Crippen LogP contribution in [0.4, 0.5) is 13.2 Å². The summed E-state index contributed by atoms with van der Waals surface area (Å²) in [6.45, 7) is 11.5. The van der Waals surface area contributed by atoms with E-state index in [0.29, 0.717) is 5.75 Å². The molecule has 0 aliphatic rings. The number of benzene rings is 2. The minimum atomic E-state index is -4.48. The second-order valence-electron chi connectivity index (χ2n) is 9.33. The van der Waals surface area contributed by atoms with Gasteiger partial charge in [0.2, 0.25) is 0 Å². The zero-order valence-corrected chi connectivity index (χ0v) is 18.2. The summed E-state index contributed by atoms with van der Waals surface area (Å²) < 4.78 is 43.9. The number of carbonyl (C=O) groups excluding carboxylic acids is 1. The molecule has 0 atom stereocenters. The first-order chi connectivity index (χ1) is 13.8. The van der Waals surface area contributed by atoms with Crippen LogP contribution in [0.1, 0.15) is 62.5 Å². The van der Waals surface area contributed by atoms with Gasteiger partial charge in [0.05, 0.1) is 12.1 Å². The van der Waals surface area contributed by atoms with E-state index >= 15 is 0 Å². The molecule has 6 heteroatoms. The Bertz CT molecular complexity index is 850. The van der Waals surface area contributed by atoms with Crippen LogP contribution in [0, 0.1) is 5.41 Å². The van der Waals surface area contributed by atoms with Gasteiger partial charge in [0, 0.05) is 5.56 Å². The van der Waals surface area contributed by atoms with Crippen molar-refractivity contribution in [1.29, 1.82) is 0 Å². The largest absolute Gasteiger partial charge is 0.492 e. The van der Waals surface area contributed by atoms with E-state index in [2.05, 4.69) is 39.9 Å². The quantitative estimate of drug-likeness (QED) is 0.539. The summed E-state index contributed by atoms with van der Waals surface area (Å²) >= 11 is 0. The molecule has 0 saturated carbocycles. The summed E-state index contributed by atoms with van der Waals surface area (Å²) in [6.07, 6.45) is -3.44. The number of amides is 1. The molecule has 1 amide bonds. The third-order valence-corrected chi connectivity index (χ3v) is 4.72. The number of hydrogen-bond acceptors (Lipinski definition) is 2. The number of ether oxygens (including phenoxy) is 1. The second-order valence-corrected chi connectivity index (χ2v) is 9.33. The van der Waals surface area contributed by atoms with Crippen LogP contribution >= 0.6 is 0 Å². The Morgan fingerprint density at radius 2 is 1.57 bits per heavy atom. The van der Waals surface area contributed by atoms with Gasteiger partial charge in [-0.15, -0.1) is 0 Å². The van der Waals surface area contributed by atoms with Crippen molar-refractivity contribution in [3.05, 3.63) is 65.2 Å². The van der Waals surface area contributed by atoms with Gasteiger partial charge in [0.15, 0.2) is 0 Å². The fourth-order valence-corrected chi connectivity index (χ4v) is 3.70. The molecule has 2 aromatic carbocycles. The summed E-state index contributed by atoms with van der Waals surface area (Å²) in [5.41, 5.74) is 0.602. The minimum Gasteiger partial charge on any atom is -0.492 e. The Kier molecular flexibility index (Phi) is 7.22. The molecule has 0 bridgehead atoms. The summed E-state index contributed by atoms with van der Waals surface area (Å²) in [5.74, 6) is 0.114. The standard InChI is InChI=1S/C24H30F3NO2/c1-22(2,3)16-23(4,5)18-9-11-20(12-10-18)30-14-13-28-21(29)17-7-6-8-19(15-17)24(25,26)27/h6-12,15H,13-14,16H2,1-5H3,(H,28,29). The molecule has 0 aromatic heterocycles. The van der Waals surface area contributed by atoms with Crippen LogP contribution in [0.25, 0.3) is 0 Å². The highest BCUT2D eigenvalue weighted by molar-refractivity contribution is 5.94. The van der Waals surface area contributed by atoms with E-state index in [1.54, 1.807) is 0 Å². The molecule has 0 fully saturated rings. The first-order valence-corrected chi connectivity index (χ1v) is 9.97. The predicted octanol–water partition coefficient (Wildman–Crippen LogP) is 6.23. The zero-order valence-electron chi connectivity index (χ0n) is 18.2. The first-order valence-electron chi connectivity index (χ1n) is 9.97. The molecule has 2 rings (SSSR count). The molecule has 2 aromatic rings. The lowest BCUT2D eigenvalue weighted by molar-refractivity contribution is -0.137. The number of halogens is 3. The first kappa shape index (κ1) is 23.8. The third kappa shape index (κ3) is 7.08. The third-order valence-electron chi connectivity index (χ3n) is 4.72. The van der Waals surface area contributed by atoms with Gasteiger partial charge in [-0.2, -0.15) is 13.2 Å². The van der Waals surface area contributed by atoms with Crippen LogP contribution in [-0.4, -0.2) is 19.1 Å². The van der Waals surface area contributed by atoms with Crippen molar-refractivity contribution in [2.24, 2.45) is 5.41 Å². The normalized spacial score (nSPS) is 12.5. The fraction of sp³-hybridized carbons (Fsp3) is 0.458. The number of rotatable bonds is 7. The van der Waals surface area contributed by atoms with E-state index in [0.717, 1.165) is 18.6 Å². The van der Waals surface area contributed by atoms with Gasteiger partial charge in [-0.1, -0.05) is 52.8 Å². The van der Waals surface area contributed by atoms with Gasteiger partial charge in [-0.25, -0.2) is 0 Å². The highest BCUT2D eigenvalue weighted by Crippen LogP contribution is 2.36. The fourth-order valence-electron chi connectivity index (χ4n) is 3.70. The number of carbonyl (C=O) groups is 1. The molecular formula is C24H30F3NO2. The molecule has 30 heavy (non-hydrogen) atoms. The molecule has 0 saturated heterocycles. The highest BCUT2D eigenvalue weighted by atomic mass is 19.4. The summed E-state index contributed by atoms with van der Waals surface area (Å²) in [4.78, 5) is 12.1. The van der Waals surface area contributed by atoms with Gasteiger partial charge >= 0.3 is 6.18 Å². The minimum absolute atomic E-state index is 0.0322. The van der Waals surface area contributed by atoms with Crippen LogP contribution in [0.3, 0.4) is 0 Å². The predicted molar refractivity (Wildman–Crippen MR) is 113 cm³/mol. The Labute approximate surface area is 176 Å². The monoisotopic (exact) mass is 421 g/mol. The average molecular weight is 422 g/mol. The molecule has 0 unspecified atom stereocenters. The lowest BCUT2D eigenvalue weighted by atomic mass is 9.72. The van der Waals surface area contributed by atoms with Crippen molar-refractivity contribution in [1.82, 2.24) is 5.32 Å². The molecule has 0 aliphatic heterocycles. The molecule has 0 spiro atoms. The molecule has 0 heterocycles. The van der Waals surface area contributed by atoms with Gasteiger partial charge in [-0.3, -0.25) is 4.79 Å². The SMILES string of the molecule is CC(C)(C)CC(C)(C)c1ccc(OCCNC(=O)c2cccc(C(F)(F)F)c2)cc1. The molecule has 0 aliphatic carbocycles. The Morgan fingerprint density at radius 3 is 2.13 bits per heavy atom.